The molecule has 4 heteroatoms. The molecule has 0 fully saturated rings. The van der Waals surface area contributed by atoms with Gasteiger partial charge in [-0.1, -0.05) is 42.5 Å². The number of hydrogen-bond acceptors (Lipinski definition) is 4. The number of ketones is 1. The highest BCUT2D eigenvalue weighted by Crippen LogP contribution is 2.25. The van der Waals surface area contributed by atoms with Gasteiger partial charge in [0, 0.05) is 11.1 Å². The Morgan fingerprint density at radius 3 is 2.04 bits per heavy atom. The van der Waals surface area contributed by atoms with E-state index in [1.54, 1.807) is 31.4 Å². The molecule has 0 bridgehead atoms. The molecule has 0 aliphatic rings. The number of carbonyl (C=O) groups excluding carboxylic acids is 1. The third-order valence-corrected chi connectivity index (χ3v) is 4.19. The van der Waals surface area contributed by atoms with E-state index in [2.05, 4.69) is 4.98 Å². The fraction of sp³-hybridized carbons (Fsp3) is 0.0455. The maximum absolute atomic E-state index is 13.1. The second-order valence-electron chi connectivity index (χ2n) is 5.83. The number of ether oxygens (including phenoxy) is 1. The fourth-order valence-corrected chi connectivity index (χ4v) is 2.83. The number of benzene rings is 3. The smallest absolute Gasteiger partial charge is 0.213 e. The zero-order valence-electron chi connectivity index (χ0n) is 14.2. The summed E-state index contributed by atoms with van der Waals surface area (Å²) in [5.41, 5.74) is 3.81. The molecule has 0 saturated heterocycles. The van der Waals surface area contributed by atoms with Crippen molar-refractivity contribution in [2.75, 3.05) is 7.11 Å². The van der Waals surface area contributed by atoms with Crippen LogP contribution >= 0.6 is 0 Å². The Morgan fingerprint density at radius 2 is 1.38 bits per heavy atom. The second kappa shape index (κ2) is 6.76. The Bertz CT molecular complexity index is 1070. The third-order valence-electron chi connectivity index (χ3n) is 4.19. The van der Waals surface area contributed by atoms with Crippen molar-refractivity contribution in [1.82, 2.24) is 9.97 Å². The quantitative estimate of drug-likeness (QED) is 0.512. The summed E-state index contributed by atoms with van der Waals surface area (Å²) < 4.78 is 5.17. The van der Waals surface area contributed by atoms with E-state index in [0.717, 1.165) is 11.1 Å². The molecule has 0 spiro atoms. The van der Waals surface area contributed by atoms with Gasteiger partial charge in [-0.2, -0.15) is 0 Å². The first-order chi connectivity index (χ1) is 12.8. The third kappa shape index (κ3) is 2.93. The van der Waals surface area contributed by atoms with E-state index in [0.29, 0.717) is 28.2 Å². The van der Waals surface area contributed by atoms with Crippen LogP contribution in [0, 0.1) is 0 Å². The highest BCUT2D eigenvalue weighted by atomic mass is 16.5. The summed E-state index contributed by atoms with van der Waals surface area (Å²) in [5.74, 6) is 0.541. The van der Waals surface area contributed by atoms with Gasteiger partial charge in [0.15, 0.2) is 0 Å². The van der Waals surface area contributed by atoms with Crippen molar-refractivity contribution in [1.29, 1.82) is 0 Å². The summed E-state index contributed by atoms with van der Waals surface area (Å²) in [6.45, 7) is 0. The molecule has 0 radical (unpaired) electrons. The topological polar surface area (TPSA) is 52.1 Å². The van der Waals surface area contributed by atoms with Gasteiger partial charge in [0.2, 0.25) is 5.78 Å². The molecule has 0 amide bonds. The summed E-state index contributed by atoms with van der Waals surface area (Å²) in [6, 6.07) is 24.2. The van der Waals surface area contributed by atoms with E-state index >= 15 is 0 Å². The van der Waals surface area contributed by atoms with Gasteiger partial charge in [0.05, 0.1) is 18.1 Å². The fourth-order valence-electron chi connectivity index (χ4n) is 2.83. The molecule has 26 heavy (non-hydrogen) atoms. The molecular weight excluding hydrogens is 324 g/mol. The second-order valence-corrected chi connectivity index (χ2v) is 5.83. The summed E-state index contributed by atoms with van der Waals surface area (Å²) in [7, 11) is 1.60. The molecule has 1 heterocycles. The minimum Gasteiger partial charge on any atom is -0.497 e. The average molecular weight is 340 g/mol. The molecule has 0 atom stereocenters. The Morgan fingerprint density at radius 1 is 0.769 bits per heavy atom. The first-order valence-electron chi connectivity index (χ1n) is 8.27. The van der Waals surface area contributed by atoms with Crippen LogP contribution in [0.4, 0.5) is 0 Å². The van der Waals surface area contributed by atoms with Crippen LogP contribution in [-0.2, 0) is 0 Å². The van der Waals surface area contributed by atoms with Gasteiger partial charge in [-0.3, -0.25) is 4.79 Å². The summed E-state index contributed by atoms with van der Waals surface area (Å²) in [5, 5.41) is 0. The van der Waals surface area contributed by atoms with Crippen molar-refractivity contribution >= 4 is 16.8 Å². The van der Waals surface area contributed by atoms with Crippen LogP contribution in [-0.4, -0.2) is 22.9 Å². The molecule has 1 aromatic heterocycles. The number of fused-ring (bicyclic) bond motifs is 1. The molecular formula is C22H16N2O2. The van der Waals surface area contributed by atoms with Crippen LogP contribution in [0.25, 0.3) is 22.3 Å². The summed E-state index contributed by atoms with van der Waals surface area (Å²) in [6.07, 6.45) is 0. The minimum atomic E-state index is -0.162. The number of rotatable bonds is 4. The molecule has 0 unspecified atom stereocenters. The predicted octanol–water partition coefficient (Wildman–Crippen LogP) is 4.54. The Hall–Kier alpha value is -3.53. The molecule has 0 aliphatic heterocycles. The van der Waals surface area contributed by atoms with Crippen LogP contribution in [0.2, 0.25) is 0 Å². The lowest BCUT2D eigenvalue weighted by molar-refractivity contribution is 0.103. The number of hydrogen-bond donors (Lipinski definition) is 0. The highest BCUT2D eigenvalue weighted by Gasteiger charge is 2.19. The molecule has 0 saturated carbocycles. The van der Waals surface area contributed by atoms with Crippen molar-refractivity contribution in [3.05, 3.63) is 90.1 Å². The van der Waals surface area contributed by atoms with Crippen molar-refractivity contribution in [3.63, 3.8) is 0 Å². The van der Waals surface area contributed by atoms with Crippen molar-refractivity contribution in [3.8, 4) is 17.0 Å². The largest absolute Gasteiger partial charge is 0.497 e. The number of carbonyl (C=O) groups is 1. The monoisotopic (exact) mass is 340 g/mol. The zero-order valence-corrected chi connectivity index (χ0v) is 14.2. The predicted molar refractivity (Wildman–Crippen MR) is 101 cm³/mol. The van der Waals surface area contributed by atoms with Gasteiger partial charge >= 0.3 is 0 Å². The van der Waals surface area contributed by atoms with Gasteiger partial charge in [0.1, 0.15) is 17.1 Å². The number of nitrogens with zero attached hydrogens (tertiary/aromatic N) is 2. The minimum absolute atomic E-state index is 0.162. The van der Waals surface area contributed by atoms with Gasteiger partial charge < -0.3 is 4.74 Å². The van der Waals surface area contributed by atoms with Crippen molar-refractivity contribution < 1.29 is 9.53 Å². The van der Waals surface area contributed by atoms with E-state index in [-0.39, 0.29) is 5.78 Å². The molecule has 0 aliphatic carbocycles. The molecule has 0 N–H and O–H groups in total. The van der Waals surface area contributed by atoms with Gasteiger partial charge in [-0.15, -0.1) is 0 Å². The van der Waals surface area contributed by atoms with Gasteiger partial charge in [-0.25, -0.2) is 9.97 Å². The van der Waals surface area contributed by atoms with Crippen LogP contribution in [0.15, 0.2) is 78.9 Å². The van der Waals surface area contributed by atoms with E-state index < -0.39 is 0 Å². The lowest BCUT2D eigenvalue weighted by Gasteiger charge is -2.10. The van der Waals surface area contributed by atoms with Crippen LogP contribution in [0.5, 0.6) is 5.75 Å². The van der Waals surface area contributed by atoms with E-state index in [1.165, 1.54) is 0 Å². The first kappa shape index (κ1) is 16.0. The van der Waals surface area contributed by atoms with Crippen molar-refractivity contribution in [2.24, 2.45) is 0 Å². The van der Waals surface area contributed by atoms with Gasteiger partial charge in [0.25, 0.3) is 0 Å². The molecule has 126 valence electrons. The standard InChI is InChI=1S/C22H16N2O2/c1-26-17-13-11-16(12-14-17)22(25)21-20(15-7-3-2-4-8-15)23-18-9-5-6-10-19(18)24-21/h2-14H,1H3. The van der Waals surface area contributed by atoms with Gasteiger partial charge in [-0.05, 0) is 36.4 Å². The van der Waals surface area contributed by atoms with E-state index in [1.807, 2.05) is 54.6 Å². The molecule has 4 aromatic rings. The van der Waals surface area contributed by atoms with E-state index in [4.69, 9.17) is 9.72 Å². The normalized spacial score (nSPS) is 10.7. The Kier molecular flexibility index (Phi) is 4.15. The van der Waals surface area contributed by atoms with E-state index in [9.17, 15) is 4.79 Å². The molecule has 3 aromatic carbocycles. The zero-order chi connectivity index (χ0) is 17.9. The number of para-hydroxylation sites is 2. The Labute approximate surface area is 151 Å². The number of methoxy groups -OCH3 is 1. The highest BCUT2D eigenvalue weighted by molar-refractivity contribution is 6.11. The van der Waals surface area contributed by atoms with Crippen LogP contribution in [0.1, 0.15) is 16.1 Å². The lowest BCUT2D eigenvalue weighted by atomic mass is 10.0. The molecule has 4 nitrogen and oxygen atoms in total. The van der Waals surface area contributed by atoms with Crippen LogP contribution in [0.3, 0.4) is 0 Å². The summed E-state index contributed by atoms with van der Waals surface area (Å²) >= 11 is 0. The lowest BCUT2D eigenvalue weighted by Crippen LogP contribution is -2.08. The first-order valence-corrected chi connectivity index (χ1v) is 8.27. The average Bonchev–Trinajstić information content (AvgIpc) is 2.73. The molecule has 4 rings (SSSR count). The maximum Gasteiger partial charge on any atom is 0.213 e. The van der Waals surface area contributed by atoms with Crippen LogP contribution < -0.4 is 4.74 Å². The number of aromatic nitrogens is 2. The summed E-state index contributed by atoms with van der Waals surface area (Å²) in [4.78, 5) is 22.5. The SMILES string of the molecule is COc1ccc(C(=O)c2nc3ccccc3nc2-c2ccccc2)cc1. The Balaban J connectivity index is 1.90. The van der Waals surface area contributed by atoms with Crippen molar-refractivity contribution in [2.45, 2.75) is 0 Å². The maximum atomic E-state index is 13.1.